The van der Waals surface area contributed by atoms with Crippen LogP contribution in [-0.2, 0) is 10.0 Å². The van der Waals surface area contributed by atoms with Gasteiger partial charge < -0.3 is 0 Å². The SMILES string of the molecule is CCCCCC(=O)c1cn(S(=O)(=O)c2ccc(C)cc2)c2ccccc12. The van der Waals surface area contributed by atoms with Crippen LogP contribution in [0.25, 0.3) is 10.9 Å². The number of hydrogen-bond acceptors (Lipinski definition) is 3. The third-order valence-corrected chi connectivity index (χ3v) is 6.25. The van der Waals surface area contributed by atoms with Crippen molar-refractivity contribution in [3.05, 3.63) is 65.9 Å². The molecule has 0 unspecified atom stereocenters. The van der Waals surface area contributed by atoms with Gasteiger partial charge in [0.25, 0.3) is 10.0 Å². The van der Waals surface area contributed by atoms with Crippen LogP contribution in [-0.4, -0.2) is 18.2 Å². The molecular weight excluding hydrogens is 346 g/mol. The van der Waals surface area contributed by atoms with Gasteiger partial charge >= 0.3 is 0 Å². The predicted octanol–water partition coefficient (Wildman–Crippen LogP) is 4.95. The lowest BCUT2D eigenvalue weighted by atomic mass is 10.0. The number of unbranched alkanes of at least 4 members (excludes halogenated alkanes) is 2. The predicted molar refractivity (Wildman–Crippen MR) is 104 cm³/mol. The molecule has 5 heteroatoms. The van der Waals surface area contributed by atoms with Gasteiger partial charge in [0.05, 0.1) is 10.4 Å². The summed E-state index contributed by atoms with van der Waals surface area (Å²) in [6.45, 7) is 4.00. The van der Waals surface area contributed by atoms with Crippen molar-refractivity contribution in [1.82, 2.24) is 3.97 Å². The lowest BCUT2D eigenvalue weighted by molar-refractivity contribution is 0.0981. The summed E-state index contributed by atoms with van der Waals surface area (Å²) in [4.78, 5) is 12.9. The van der Waals surface area contributed by atoms with E-state index < -0.39 is 10.0 Å². The van der Waals surface area contributed by atoms with Gasteiger partial charge in [0.1, 0.15) is 0 Å². The van der Waals surface area contributed by atoms with Crippen LogP contribution in [0.2, 0.25) is 0 Å². The molecule has 1 aromatic heterocycles. The maximum atomic E-state index is 13.1. The van der Waals surface area contributed by atoms with Gasteiger partial charge in [-0.2, -0.15) is 0 Å². The Morgan fingerprint density at radius 3 is 2.38 bits per heavy atom. The van der Waals surface area contributed by atoms with E-state index in [1.807, 2.05) is 19.1 Å². The van der Waals surface area contributed by atoms with Gasteiger partial charge in [-0.05, 0) is 31.5 Å². The van der Waals surface area contributed by atoms with Crippen LogP contribution in [0.1, 0.15) is 48.5 Å². The Labute approximate surface area is 154 Å². The van der Waals surface area contributed by atoms with Gasteiger partial charge in [0.2, 0.25) is 0 Å². The quantitative estimate of drug-likeness (QED) is 0.437. The van der Waals surface area contributed by atoms with Crippen molar-refractivity contribution in [2.45, 2.75) is 44.4 Å². The molecule has 26 heavy (non-hydrogen) atoms. The second-order valence-electron chi connectivity index (χ2n) is 6.55. The molecular formula is C21H23NO3S. The lowest BCUT2D eigenvalue weighted by Gasteiger charge is -2.07. The Morgan fingerprint density at radius 1 is 1.00 bits per heavy atom. The van der Waals surface area contributed by atoms with Gasteiger partial charge in [-0.3, -0.25) is 4.79 Å². The standard InChI is InChI=1S/C21H23NO3S/c1-3-4-5-10-21(23)19-15-22(20-9-7-6-8-18(19)20)26(24,25)17-13-11-16(2)12-14-17/h6-9,11-15H,3-5,10H2,1-2H3. The molecule has 0 aliphatic heterocycles. The van der Waals surface area contributed by atoms with Crippen molar-refractivity contribution in [2.24, 2.45) is 0 Å². The first kappa shape index (κ1) is 18.4. The van der Waals surface area contributed by atoms with E-state index in [0.717, 1.165) is 24.8 Å². The minimum Gasteiger partial charge on any atom is -0.294 e. The Balaban J connectivity index is 2.09. The summed E-state index contributed by atoms with van der Waals surface area (Å²) in [5.41, 5.74) is 2.01. The molecule has 0 aliphatic carbocycles. The zero-order valence-electron chi connectivity index (χ0n) is 15.1. The zero-order chi connectivity index (χ0) is 18.7. The van der Waals surface area contributed by atoms with Crippen molar-refractivity contribution < 1.29 is 13.2 Å². The van der Waals surface area contributed by atoms with Crippen LogP contribution < -0.4 is 0 Å². The lowest BCUT2D eigenvalue weighted by Crippen LogP contribution is -2.12. The smallest absolute Gasteiger partial charge is 0.268 e. The number of benzene rings is 2. The minimum atomic E-state index is -3.76. The van der Waals surface area contributed by atoms with Crippen molar-refractivity contribution in [2.75, 3.05) is 0 Å². The third-order valence-electron chi connectivity index (χ3n) is 4.56. The van der Waals surface area contributed by atoms with E-state index in [4.69, 9.17) is 0 Å². The van der Waals surface area contributed by atoms with Crippen molar-refractivity contribution in [1.29, 1.82) is 0 Å². The molecule has 0 saturated carbocycles. The monoisotopic (exact) mass is 369 g/mol. The molecule has 3 aromatic rings. The Hall–Kier alpha value is -2.40. The highest BCUT2D eigenvalue weighted by molar-refractivity contribution is 7.90. The van der Waals surface area contributed by atoms with E-state index in [1.54, 1.807) is 36.4 Å². The number of carbonyl (C=O) groups excluding carboxylic acids is 1. The Bertz CT molecular complexity index is 1030. The molecule has 0 bridgehead atoms. The highest BCUT2D eigenvalue weighted by Crippen LogP contribution is 2.27. The van der Waals surface area contributed by atoms with Crippen molar-refractivity contribution in [3.8, 4) is 0 Å². The number of hydrogen-bond donors (Lipinski definition) is 0. The van der Waals surface area contributed by atoms with Crippen LogP contribution in [0.4, 0.5) is 0 Å². The summed E-state index contributed by atoms with van der Waals surface area (Å²) in [7, 11) is -3.76. The van der Waals surface area contributed by atoms with Crippen molar-refractivity contribution >= 4 is 26.7 Å². The highest BCUT2D eigenvalue weighted by Gasteiger charge is 2.23. The van der Waals surface area contributed by atoms with E-state index in [-0.39, 0.29) is 10.7 Å². The third kappa shape index (κ3) is 3.44. The van der Waals surface area contributed by atoms with E-state index in [0.29, 0.717) is 22.9 Å². The van der Waals surface area contributed by atoms with Crippen LogP contribution in [0.3, 0.4) is 0 Å². The second-order valence-corrected chi connectivity index (χ2v) is 8.37. The summed E-state index contributed by atoms with van der Waals surface area (Å²) >= 11 is 0. The van der Waals surface area contributed by atoms with Gasteiger partial charge in [0, 0.05) is 23.6 Å². The molecule has 136 valence electrons. The molecule has 0 aliphatic rings. The van der Waals surface area contributed by atoms with E-state index in [2.05, 4.69) is 6.92 Å². The number of carbonyl (C=O) groups is 1. The molecule has 0 amide bonds. The molecule has 0 radical (unpaired) electrons. The molecule has 3 rings (SSSR count). The Kier molecular flexibility index (Phi) is 5.28. The second kappa shape index (κ2) is 7.46. The first-order valence-corrected chi connectivity index (χ1v) is 10.3. The number of Topliss-reactive ketones (excluding diaryl/α,β-unsaturated/α-hetero) is 1. The zero-order valence-corrected chi connectivity index (χ0v) is 15.9. The Morgan fingerprint density at radius 2 is 1.69 bits per heavy atom. The van der Waals surface area contributed by atoms with Crippen LogP contribution in [0.5, 0.6) is 0 Å². The topological polar surface area (TPSA) is 56.1 Å². The summed E-state index contributed by atoms with van der Waals surface area (Å²) in [5.74, 6) is -0.00694. The molecule has 1 heterocycles. The molecule has 0 atom stereocenters. The average Bonchev–Trinajstić information content (AvgIpc) is 3.03. The van der Waals surface area contributed by atoms with Gasteiger partial charge in [0.15, 0.2) is 5.78 Å². The number of fused-ring (bicyclic) bond motifs is 1. The van der Waals surface area contributed by atoms with E-state index in [9.17, 15) is 13.2 Å². The summed E-state index contributed by atoms with van der Waals surface area (Å²) in [5, 5.41) is 0.685. The van der Waals surface area contributed by atoms with E-state index >= 15 is 0 Å². The molecule has 0 saturated heterocycles. The van der Waals surface area contributed by atoms with Gasteiger partial charge in [-0.1, -0.05) is 55.7 Å². The highest BCUT2D eigenvalue weighted by atomic mass is 32.2. The fourth-order valence-electron chi connectivity index (χ4n) is 3.07. The molecule has 0 spiro atoms. The number of ketones is 1. The van der Waals surface area contributed by atoms with Gasteiger partial charge in [-0.15, -0.1) is 0 Å². The fraction of sp³-hybridized carbons (Fsp3) is 0.286. The largest absolute Gasteiger partial charge is 0.294 e. The van der Waals surface area contributed by atoms with Crippen LogP contribution in [0.15, 0.2) is 59.6 Å². The maximum absolute atomic E-state index is 13.1. The number of nitrogens with zero attached hydrogens (tertiary/aromatic N) is 1. The molecule has 0 N–H and O–H groups in total. The molecule has 2 aromatic carbocycles. The maximum Gasteiger partial charge on any atom is 0.268 e. The minimum absolute atomic E-state index is 0.00694. The fourth-order valence-corrected chi connectivity index (χ4v) is 4.43. The number of para-hydroxylation sites is 1. The summed E-state index contributed by atoms with van der Waals surface area (Å²) in [6, 6.07) is 13.9. The summed E-state index contributed by atoms with van der Waals surface area (Å²) < 4.78 is 27.5. The average molecular weight is 369 g/mol. The molecule has 4 nitrogen and oxygen atoms in total. The van der Waals surface area contributed by atoms with Crippen LogP contribution >= 0.6 is 0 Å². The van der Waals surface area contributed by atoms with E-state index in [1.165, 1.54) is 10.2 Å². The van der Waals surface area contributed by atoms with Crippen LogP contribution in [0, 0.1) is 6.92 Å². The number of rotatable bonds is 7. The van der Waals surface area contributed by atoms with Crippen molar-refractivity contribution in [3.63, 3.8) is 0 Å². The normalized spacial score (nSPS) is 11.8. The number of aryl methyl sites for hydroxylation is 1. The first-order valence-electron chi connectivity index (χ1n) is 8.90. The summed E-state index contributed by atoms with van der Waals surface area (Å²) in [6.07, 6.45) is 4.77. The first-order chi connectivity index (χ1) is 12.4. The molecule has 0 fully saturated rings. The van der Waals surface area contributed by atoms with Gasteiger partial charge in [-0.25, -0.2) is 12.4 Å². The number of aromatic nitrogens is 1.